The summed E-state index contributed by atoms with van der Waals surface area (Å²) in [4.78, 5) is 32.6. The van der Waals surface area contributed by atoms with Crippen LogP contribution in [0.4, 0.5) is 5.69 Å². The van der Waals surface area contributed by atoms with E-state index >= 15 is 0 Å². The van der Waals surface area contributed by atoms with Crippen LogP contribution in [-0.2, 0) is 27.6 Å². The number of thioether (sulfide) groups is 2. The number of isothiocyanates is 1. The van der Waals surface area contributed by atoms with Crippen LogP contribution < -0.4 is 20.1 Å². The molecule has 0 aliphatic rings. The number of hydrogen-bond donors (Lipinski definition) is 2. The predicted octanol–water partition coefficient (Wildman–Crippen LogP) is 6.90. The number of thiocarbonyl (C=S) groups is 1. The summed E-state index contributed by atoms with van der Waals surface area (Å²) in [6.07, 6.45) is 0. The van der Waals surface area contributed by atoms with Crippen LogP contribution in [0.2, 0.25) is 0 Å². The van der Waals surface area contributed by atoms with Crippen molar-refractivity contribution in [3.8, 4) is 11.5 Å². The Labute approximate surface area is 293 Å². The molecular weight excluding hydrogens is 649 g/mol. The summed E-state index contributed by atoms with van der Waals surface area (Å²) >= 11 is 7.92. The van der Waals surface area contributed by atoms with Gasteiger partial charge in [0.15, 0.2) is 0 Å². The van der Waals surface area contributed by atoms with Crippen molar-refractivity contribution in [1.29, 1.82) is 0 Å². The smallest absolute Gasteiger partial charge is 0.235 e. The summed E-state index contributed by atoms with van der Waals surface area (Å²) in [5.41, 5.74) is 4.11. The summed E-state index contributed by atoms with van der Waals surface area (Å²) in [6.45, 7) is 10.6. The number of carbonyl (C=O) groups is 2. The van der Waals surface area contributed by atoms with Crippen LogP contribution in [0.15, 0.2) is 77.8 Å². The van der Waals surface area contributed by atoms with Crippen molar-refractivity contribution in [2.24, 2.45) is 4.99 Å². The van der Waals surface area contributed by atoms with Crippen LogP contribution in [0, 0.1) is 0 Å². The summed E-state index contributed by atoms with van der Waals surface area (Å²) in [5, 5.41) is 8.65. The highest BCUT2D eigenvalue weighted by Crippen LogP contribution is 2.30. The molecule has 0 aliphatic carbocycles. The first-order chi connectivity index (χ1) is 22.5. The van der Waals surface area contributed by atoms with Gasteiger partial charge in [0.1, 0.15) is 11.5 Å². The van der Waals surface area contributed by atoms with Gasteiger partial charge in [0, 0.05) is 44.2 Å². The van der Waals surface area contributed by atoms with Gasteiger partial charge in [0.25, 0.3) is 0 Å². The van der Waals surface area contributed by atoms with Gasteiger partial charge in [-0.15, -0.1) is 23.5 Å². The average Bonchev–Trinajstić information content (AvgIpc) is 3.07. The van der Waals surface area contributed by atoms with Gasteiger partial charge in [0.05, 0.1) is 34.6 Å². The maximum Gasteiger partial charge on any atom is 0.235 e. The Morgan fingerprint density at radius 3 is 1.51 bits per heavy atom. The van der Waals surface area contributed by atoms with Crippen molar-refractivity contribution in [1.82, 2.24) is 15.5 Å². The van der Waals surface area contributed by atoms with E-state index in [4.69, 9.17) is 21.7 Å². The van der Waals surface area contributed by atoms with E-state index in [9.17, 15) is 9.59 Å². The molecule has 0 atom stereocenters. The largest absolute Gasteiger partial charge is 0.497 e. The molecule has 0 radical (unpaired) electrons. The lowest BCUT2D eigenvalue weighted by Gasteiger charge is -2.27. The molecule has 0 saturated carbocycles. The first-order valence-corrected chi connectivity index (χ1v) is 17.8. The van der Waals surface area contributed by atoms with Crippen LogP contribution in [0.25, 0.3) is 0 Å². The fourth-order valence-electron chi connectivity index (χ4n) is 4.44. The number of rotatable bonds is 19. The van der Waals surface area contributed by atoms with Crippen LogP contribution in [0.3, 0.4) is 0 Å². The predicted molar refractivity (Wildman–Crippen MR) is 199 cm³/mol. The number of ether oxygens (including phenoxy) is 2. The van der Waals surface area contributed by atoms with Crippen molar-refractivity contribution in [2.45, 2.75) is 55.2 Å². The molecule has 252 valence electrons. The van der Waals surface area contributed by atoms with Crippen molar-refractivity contribution in [3.63, 3.8) is 0 Å². The molecular formula is C36H46N4O4S3. The third kappa shape index (κ3) is 13.0. The molecule has 2 amide bonds. The highest BCUT2D eigenvalue weighted by atomic mass is 32.2. The second-order valence-corrected chi connectivity index (χ2v) is 15.3. The van der Waals surface area contributed by atoms with E-state index in [1.54, 1.807) is 37.7 Å². The molecule has 3 aromatic rings. The van der Waals surface area contributed by atoms with E-state index in [0.29, 0.717) is 44.2 Å². The number of nitrogens with zero attached hydrogens (tertiary/aromatic N) is 2. The molecule has 0 aliphatic heterocycles. The Morgan fingerprint density at radius 1 is 0.723 bits per heavy atom. The maximum absolute atomic E-state index is 13.2. The monoisotopic (exact) mass is 694 g/mol. The van der Waals surface area contributed by atoms with Gasteiger partial charge in [-0.1, -0.05) is 36.4 Å². The maximum atomic E-state index is 13.2. The molecule has 0 aromatic heterocycles. The number of hydrogen-bond acceptors (Lipinski definition) is 9. The van der Waals surface area contributed by atoms with Crippen LogP contribution in [0.1, 0.15) is 44.4 Å². The molecule has 0 heterocycles. The second-order valence-electron chi connectivity index (χ2n) is 12.0. The van der Waals surface area contributed by atoms with E-state index < -0.39 is 9.49 Å². The summed E-state index contributed by atoms with van der Waals surface area (Å²) in [7, 11) is 3.29. The van der Waals surface area contributed by atoms with Crippen molar-refractivity contribution >= 4 is 58.4 Å². The quantitative estimate of drug-likeness (QED) is 0.104. The Morgan fingerprint density at radius 2 is 1.13 bits per heavy atom. The summed E-state index contributed by atoms with van der Waals surface area (Å²) in [6, 6.07) is 23.6. The third-order valence-corrected chi connectivity index (χ3v) is 10.4. The zero-order valence-electron chi connectivity index (χ0n) is 28.1. The summed E-state index contributed by atoms with van der Waals surface area (Å²) in [5.74, 6) is 3.03. The zero-order chi connectivity index (χ0) is 34.3. The van der Waals surface area contributed by atoms with Crippen LogP contribution >= 0.6 is 35.7 Å². The molecule has 0 bridgehead atoms. The standard InChI is InChI=1S/C36H46N4O4S3/c1-35(2,46-24-28-9-15-31(43-5)16-10-28)33(41)37-19-21-40(23-27-7-13-30(14-8-27)39-26-45)22-20-38-34(42)36(3,4)47-25-29-11-17-32(44-6)18-12-29/h7-18H,19-25H2,1-6H3,(H,37,41)(H,38,42). The molecule has 0 fully saturated rings. The second kappa shape index (κ2) is 18.9. The number of methoxy groups -OCH3 is 2. The van der Waals surface area contributed by atoms with Gasteiger partial charge in [-0.2, -0.15) is 4.99 Å². The fourth-order valence-corrected chi connectivity index (χ4v) is 6.39. The van der Waals surface area contributed by atoms with Gasteiger partial charge in [-0.25, -0.2) is 0 Å². The molecule has 3 aromatic carbocycles. The topological polar surface area (TPSA) is 92.3 Å². The molecule has 11 heteroatoms. The number of nitrogens with one attached hydrogen (secondary N) is 2. The zero-order valence-corrected chi connectivity index (χ0v) is 30.6. The number of amides is 2. The van der Waals surface area contributed by atoms with Crippen LogP contribution in [-0.4, -0.2) is 71.8 Å². The van der Waals surface area contributed by atoms with E-state index in [2.05, 4.69) is 25.7 Å². The van der Waals surface area contributed by atoms with Crippen molar-refractivity contribution in [3.05, 3.63) is 89.5 Å². The Bertz CT molecular complexity index is 1390. The lowest BCUT2D eigenvalue weighted by Crippen LogP contribution is -2.45. The van der Waals surface area contributed by atoms with Gasteiger partial charge < -0.3 is 20.1 Å². The molecule has 47 heavy (non-hydrogen) atoms. The van der Waals surface area contributed by atoms with E-state index in [1.165, 1.54) is 0 Å². The minimum Gasteiger partial charge on any atom is -0.497 e. The Hall–Kier alpha value is -3.34. The van der Waals surface area contributed by atoms with Gasteiger partial charge in [-0.3, -0.25) is 14.5 Å². The Balaban J connectivity index is 1.54. The summed E-state index contributed by atoms with van der Waals surface area (Å²) < 4.78 is 9.27. The minimum atomic E-state index is -0.605. The van der Waals surface area contributed by atoms with E-state index in [-0.39, 0.29) is 11.8 Å². The van der Waals surface area contributed by atoms with E-state index in [0.717, 1.165) is 33.9 Å². The first-order valence-electron chi connectivity index (χ1n) is 15.5. The van der Waals surface area contributed by atoms with E-state index in [1.807, 2.05) is 100 Å². The Kier molecular flexibility index (Phi) is 15.3. The van der Waals surface area contributed by atoms with Gasteiger partial charge >= 0.3 is 0 Å². The molecule has 0 saturated heterocycles. The number of carbonyl (C=O) groups excluding carboxylic acids is 2. The van der Waals surface area contributed by atoms with Gasteiger partial charge in [0.2, 0.25) is 11.8 Å². The third-order valence-electron chi connectivity index (χ3n) is 7.56. The SMILES string of the molecule is COc1ccc(CSC(C)(C)C(=O)NCCN(CCNC(=O)C(C)(C)SCc2ccc(OC)cc2)Cc2ccc(N=C=S)cc2)cc1. The molecule has 8 nitrogen and oxygen atoms in total. The van der Waals surface area contributed by atoms with Crippen LogP contribution in [0.5, 0.6) is 11.5 Å². The minimum absolute atomic E-state index is 0.0118. The van der Waals surface area contributed by atoms with Crippen molar-refractivity contribution < 1.29 is 19.1 Å². The molecule has 0 unspecified atom stereocenters. The first kappa shape index (κ1) is 38.1. The molecule has 0 spiro atoms. The average molecular weight is 695 g/mol. The molecule has 3 rings (SSSR count). The fraction of sp³-hybridized carbons (Fsp3) is 0.417. The number of benzene rings is 3. The highest BCUT2D eigenvalue weighted by Gasteiger charge is 2.29. The van der Waals surface area contributed by atoms with Gasteiger partial charge in [-0.05, 0) is 93.0 Å². The number of aliphatic imine (C=N–C) groups is 1. The highest BCUT2D eigenvalue weighted by molar-refractivity contribution is 8.00. The lowest BCUT2D eigenvalue weighted by atomic mass is 10.2. The molecule has 2 N–H and O–H groups in total. The normalized spacial score (nSPS) is 11.5. The lowest BCUT2D eigenvalue weighted by molar-refractivity contribution is -0.123. The van der Waals surface area contributed by atoms with Crippen molar-refractivity contribution in [2.75, 3.05) is 40.4 Å².